The molecule has 2 aliphatic heterocycles. The van der Waals surface area contributed by atoms with E-state index in [4.69, 9.17) is 5.73 Å². The number of primary amides is 1. The Balaban J connectivity index is 0.000000838. The van der Waals surface area contributed by atoms with Gasteiger partial charge in [0.25, 0.3) is 0 Å². The molecular formula is C19H36N4O4. The molecule has 0 bridgehead atoms. The van der Waals surface area contributed by atoms with Gasteiger partial charge < -0.3 is 26.1 Å². The van der Waals surface area contributed by atoms with Crippen LogP contribution in [0.3, 0.4) is 0 Å². The minimum absolute atomic E-state index is 0.0400. The third kappa shape index (κ3) is 7.66. The minimum Gasteiger partial charge on any atom is -0.368 e. The van der Waals surface area contributed by atoms with Crippen LogP contribution in [0.5, 0.6) is 0 Å². The Morgan fingerprint density at radius 2 is 1.52 bits per heavy atom. The van der Waals surface area contributed by atoms with E-state index in [2.05, 4.69) is 5.73 Å². The van der Waals surface area contributed by atoms with Crippen molar-refractivity contribution in [2.24, 2.45) is 11.5 Å². The quantitative estimate of drug-likeness (QED) is 0.655. The van der Waals surface area contributed by atoms with Crippen LogP contribution in [0.15, 0.2) is 0 Å². The summed E-state index contributed by atoms with van der Waals surface area (Å²) >= 11 is 0. The van der Waals surface area contributed by atoms with Crippen molar-refractivity contribution in [2.45, 2.75) is 77.3 Å². The molecule has 2 saturated heterocycles. The van der Waals surface area contributed by atoms with E-state index in [-0.39, 0.29) is 11.8 Å². The monoisotopic (exact) mass is 384 g/mol. The predicted octanol–water partition coefficient (Wildman–Crippen LogP) is 0.814. The second-order valence-electron chi connectivity index (χ2n) is 6.54. The molecule has 0 aromatic heterocycles. The number of amides is 3. The maximum absolute atomic E-state index is 12.6. The van der Waals surface area contributed by atoms with Crippen molar-refractivity contribution in [2.75, 3.05) is 20.1 Å². The molecule has 3 amide bonds. The van der Waals surface area contributed by atoms with Crippen molar-refractivity contribution in [3.8, 4) is 0 Å². The average molecular weight is 385 g/mol. The third-order valence-electron chi connectivity index (χ3n) is 4.59. The van der Waals surface area contributed by atoms with Crippen molar-refractivity contribution in [3.05, 3.63) is 0 Å². The van der Waals surface area contributed by atoms with Crippen molar-refractivity contribution in [1.29, 1.82) is 0 Å². The van der Waals surface area contributed by atoms with Crippen LogP contribution in [0.25, 0.3) is 0 Å². The molecule has 0 aliphatic carbocycles. The van der Waals surface area contributed by atoms with Gasteiger partial charge in [-0.15, -0.1) is 0 Å². The summed E-state index contributed by atoms with van der Waals surface area (Å²) in [6, 6.07) is -0.889. The van der Waals surface area contributed by atoms with Gasteiger partial charge in [0, 0.05) is 25.9 Å². The fourth-order valence-electron chi connectivity index (χ4n) is 3.31. The Kier molecular flexibility index (Phi) is 13.1. The summed E-state index contributed by atoms with van der Waals surface area (Å²) < 4.78 is 0. The zero-order valence-electron chi connectivity index (χ0n) is 17.0. The minimum atomic E-state index is -0.494. The molecule has 0 spiro atoms. The van der Waals surface area contributed by atoms with Crippen LogP contribution in [0, 0.1) is 0 Å². The molecule has 0 radical (unpaired) electrons. The normalized spacial score (nSPS) is 20.9. The predicted molar refractivity (Wildman–Crippen MR) is 105 cm³/mol. The molecule has 2 fully saturated rings. The maximum atomic E-state index is 12.6. The first-order valence-corrected chi connectivity index (χ1v) is 9.88. The standard InChI is InChI=1S/C14H23N3O3.C4H8O.CH5N/c1-2-5-12(18)16-8-4-7-11(16)14(20)17-9-3-6-10(17)13(15)19;1-2-3-4-5;1-2/h10-11H,2-9H2,1H3,(H2,15,19);4H,2-3H2,1H3;2H2,1H3. The number of unbranched alkanes of at least 4 members (excludes halogenated alkanes) is 1. The third-order valence-corrected chi connectivity index (χ3v) is 4.59. The topological polar surface area (TPSA) is 127 Å². The zero-order chi connectivity index (χ0) is 20.8. The number of aldehydes is 1. The summed E-state index contributed by atoms with van der Waals surface area (Å²) in [5.74, 6) is -0.508. The van der Waals surface area contributed by atoms with E-state index in [1.165, 1.54) is 7.05 Å². The van der Waals surface area contributed by atoms with Gasteiger partial charge in [-0.05, 0) is 45.6 Å². The first-order valence-electron chi connectivity index (χ1n) is 9.88. The Hall–Kier alpha value is -1.96. The lowest BCUT2D eigenvalue weighted by atomic mass is 10.1. The SMILES string of the molecule is CCCC(=O)N1CCCC1C(=O)N1CCCC1C(N)=O.CCCC=O.CN. The van der Waals surface area contributed by atoms with Crippen LogP contribution in [-0.2, 0) is 19.2 Å². The lowest BCUT2D eigenvalue weighted by Crippen LogP contribution is -2.52. The summed E-state index contributed by atoms with van der Waals surface area (Å²) in [4.78, 5) is 48.7. The lowest BCUT2D eigenvalue weighted by molar-refractivity contribution is -0.146. The highest BCUT2D eigenvalue weighted by Crippen LogP contribution is 2.25. The number of nitrogens with zero attached hydrogens (tertiary/aromatic N) is 2. The number of hydrogen-bond acceptors (Lipinski definition) is 5. The summed E-state index contributed by atoms with van der Waals surface area (Å²) in [5, 5.41) is 0. The van der Waals surface area contributed by atoms with E-state index in [9.17, 15) is 19.2 Å². The lowest BCUT2D eigenvalue weighted by Gasteiger charge is -2.30. The summed E-state index contributed by atoms with van der Waals surface area (Å²) in [6.45, 7) is 5.14. The van der Waals surface area contributed by atoms with E-state index < -0.39 is 18.0 Å². The number of carbonyl (C=O) groups excluding carboxylic acids is 4. The van der Waals surface area contributed by atoms with Crippen LogP contribution in [0.4, 0.5) is 0 Å². The van der Waals surface area contributed by atoms with Crippen molar-refractivity contribution >= 4 is 24.0 Å². The van der Waals surface area contributed by atoms with Crippen LogP contribution in [0.2, 0.25) is 0 Å². The fourth-order valence-corrected chi connectivity index (χ4v) is 3.31. The molecule has 2 unspecified atom stereocenters. The summed E-state index contributed by atoms with van der Waals surface area (Å²) in [7, 11) is 1.50. The Bertz CT molecular complexity index is 484. The largest absolute Gasteiger partial charge is 0.368 e. The fraction of sp³-hybridized carbons (Fsp3) is 0.789. The zero-order valence-corrected chi connectivity index (χ0v) is 17.0. The highest BCUT2D eigenvalue weighted by Gasteiger charge is 2.41. The maximum Gasteiger partial charge on any atom is 0.246 e. The van der Waals surface area contributed by atoms with E-state index in [0.29, 0.717) is 38.8 Å². The van der Waals surface area contributed by atoms with Gasteiger partial charge in [0.15, 0.2) is 0 Å². The van der Waals surface area contributed by atoms with Crippen LogP contribution in [0.1, 0.15) is 65.2 Å². The van der Waals surface area contributed by atoms with Gasteiger partial charge in [0.1, 0.15) is 18.4 Å². The molecule has 156 valence electrons. The molecule has 0 aromatic rings. The smallest absolute Gasteiger partial charge is 0.246 e. The molecule has 0 aromatic carbocycles. The van der Waals surface area contributed by atoms with Gasteiger partial charge in [-0.1, -0.05) is 13.8 Å². The molecular weight excluding hydrogens is 348 g/mol. The van der Waals surface area contributed by atoms with Gasteiger partial charge in [-0.25, -0.2) is 0 Å². The van der Waals surface area contributed by atoms with Crippen LogP contribution < -0.4 is 11.5 Å². The van der Waals surface area contributed by atoms with Crippen molar-refractivity contribution in [1.82, 2.24) is 9.80 Å². The number of carbonyl (C=O) groups is 4. The van der Waals surface area contributed by atoms with E-state index in [1.54, 1.807) is 9.80 Å². The molecule has 2 heterocycles. The average Bonchev–Trinajstić information content (AvgIpc) is 3.34. The van der Waals surface area contributed by atoms with E-state index >= 15 is 0 Å². The first kappa shape index (κ1) is 25.0. The van der Waals surface area contributed by atoms with Crippen molar-refractivity contribution < 1.29 is 19.2 Å². The molecule has 2 aliphatic rings. The molecule has 8 nitrogen and oxygen atoms in total. The van der Waals surface area contributed by atoms with E-state index in [0.717, 1.165) is 32.0 Å². The molecule has 0 saturated carbocycles. The van der Waals surface area contributed by atoms with Gasteiger partial charge in [-0.2, -0.15) is 0 Å². The Labute approximate surface area is 162 Å². The highest BCUT2D eigenvalue weighted by molar-refractivity contribution is 5.92. The first-order chi connectivity index (χ1) is 13.0. The van der Waals surface area contributed by atoms with Gasteiger partial charge >= 0.3 is 0 Å². The summed E-state index contributed by atoms with van der Waals surface area (Å²) in [5.41, 5.74) is 9.85. The second-order valence-corrected chi connectivity index (χ2v) is 6.54. The Morgan fingerprint density at radius 3 is 1.96 bits per heavy atom. The van der Waals surface area contributed by atoms with Gasteiger partial charge in [0.2, 0.25) is 17.7 Å². The van der Waals surface area contributed by atoms with Crippen LogP contribution in [-0.4, -0.2) is 66.0 Å². The summed E-state index contributed by atoms with van der Waals surface area (Å²) in [6.07, 6.45) is 6.85. The number of nitrogens with two attached hydrogens (primary N) is 2. The molecule has 4 N–H and O–H groups in total. The highest BCUT2D eigenvalue weighted by atomic mass is 16.2. The van der Waals surface area contributed by atoms with Crippen molar-refractivity contribution in [3.63, 3.8) is 0 Å². The van der Waals surface area contributed by atoms with Gasteiger partial charge in [-0.3, -0.25) is 14.4 Å². The molecule has 8 heteroatoms. The van der Waals surface area contributed by atoms with Crippen LogP contribution >= 0.6 is 0 Å². The Morgan fingerprint density at radius 1 is 0.963 bits per heavy atom. The molecule has 2 rings (SSSR count). The second kappa shape index (κ2) is 14.1. The molecule has 2 atom stereocenters. The van der Waals surface area contributed by atoms with Gasteiger partial charge in [0.05, 0.1) is 0 Å². The number of hydrogen-bond donors (Lipinski definition) is 2. The number of likely N-dealkylation sites (tertiary alicyclic amines) is 2. The van der Waals surface area contributed by atoms with E-state index in [1.807, 2.05) is 13.8 Å². The number of rotatable bonds is 6. The molecule has 27 heavy (non-hydrogen) atoms.